The maximum atomic E-state index is 12.9. The van der Waals surface area contributed by atoms with Gasteiger partial charge in [0.25, 0.3) is 5.70 Å². The average Bonchev–Trinajstić information content (AvgIpc) is 2.62. The lowest BCUT2D eigenvalue weighted by Crippen LogP contribution is -2.33. The van der Waals surface area contributed by atoms with E-state index in [2.05, 4.69) is 10.3 Å². The third-order valence-electron chi connectivity index (χ3n) is 4.95. The Balaban J connectivity index is 1.98. The molecule has 0 aromatic carbocycles. The Morgan fingerprint density at radius 2 is 1.96 bits per heavy atom. The molecule has 2 aliphatic rings. The largest absolute Gasteiger partial charge is 0.459 e. The molecule has 1 aromatic heterocycles. The standard InChI is InChI=1S/C19H23N3O4/c1-12-16(19(23)26-14-8-4-3-5-9-14)17(15-10-6-7-11-20-15)18(22(24)25)13(2)21-12/h6-7,10-11,14,17,21H,3-5,8-9H2,1-2H3/t17-/m1/s1. The number of hydrogen-bond donors (Lipinski definition) is 1. The Hall–Kier alpha value is -2.70. The number of aromatic nitrogens is 1. The monoisotopic (exact) mass is 357 g/mol. The van der Waals surface area contributed by atoms with E-state index in [1.807, 2.05) is 0 Å². The number of rotatable bonds is 4. The number of nitrogens with zero attached hydrogens (tertiary/aromatic N) is 2. The molecule has 1 aliphatic heterocycles. The highest BCUT2D eigenvalue weighted by atomic mass is 16.6. The first kappa shape index (κ1) is 18.1. The lowest BCUT2D eigenvalue weighted by Gasteiger charge is -2.28. The molecule has 2 heterocycles. The Morgan fingerprint density at radius 3 is 2.58 bits per heavy atom. The number of pyridine rings is 1. The summed E-state index contributed by atoms with van der Waals surface area (Å²) in [5, 5.41) is 14.7. The molecule has 1 aromatic rings. The fraction of sp³-hybridized carbons (Fsp3) is 0.474. The predicted molar refractivity (Wildman–Crippen MR) is 95.5 cm³/mol. The molecule has 26 heavy (non-hydrogen) atoms. The summed E-state index contributed by atoms with van der Waals surface area (Å²) in [6.07, 6.45) is 6.37. The molecule has 0 unspecified atom stereocenters. The number of ether oxygens (including phenoxy) is 1. The summed E-state index contributed by atoms with van der Waals surface area (Å²) in [6, 6.07) is 5.20. The van der Waals surface area contributed by atoms with Crippen LogP contribution >= 0.6 is 0 Å². The van der Waals surface area contributed by atoms with Crippen molar-refractivity contribution in [2.45, 2.75) is 58.0 Å². The van der Waals surface area contributed by atoms with Crippen molar-refractivity contribution >= 4 is 5.97 Å². The smallest absolute Gasteiger partial charge is 0.337 e. The maximum Gasteiger partial charge on any atom is 0.337 e. The van der Waals surface area contributed by atoms with E-state index in [-0.39, 0.29) is 17.4 Å². The van der Waals surface area contributed by atoms with E-state index in [0.717, 1.165) is 32.1 Å². The molecule has 0 spiro atoms. The predicted octanol–water partition coefficient (Wildman–Crippen LogP) is 3.43. The molecule has 1 saturated carbocycles. The van der Waals surface area contributed by atoms with Crippen LogP contribution in [-0.2, 0) is 9.53 Å². The van der Waals surface area contributed by atoms with Crippen molar-refractivity contribution in [1.29, 1.82) is 0 Å². The van der Waals surface area contributed by atoms with Crippen molar-refractivity contribution in [3.63, 3.8) is 0 Å². The summed E-state index contributed by atoms with van der Waals surface area (Å²) < 4.78 is 5.71. The van der Waals surface area contributed by atoms with Crippen molar-refractivity contribution in [3.8, 4) is 0 Å². The summed E-state index contributed by atoms with van der Waals surface area (Å²) in [5.74, 6) is -1.34. The zero-order chi connectivity index (χ0) is 18.7. The van der Waals surface area contributed by atoms with Gasteiger partial charge in [-0.15, -0.1) is 0 Å². The summed E-state index contributed by atoms with van der Waals surface area (Å²) in [4.78, 5) is 28.5. The van der Waals surface area contributed by atoms with Crippen LogP contribution in [0.25, 0.3) is 0 Å². The molecule has 1 N–H and O–H groups in total. The highest BCUT2D eigenvalue weighted by Gasteiger charge is 2.42. The van der Waals surface area contributed by atoms with Gasteiger partial charge in [0.2, 0.25) is 0 Å². The minimum Gasteiger partial charge on any atom is -0.459 e. The Labute approximate surface area is 152 Å². The molecule has 7 heteroatoms. The van der Waals surface area contributed by atoms with Crippen molar-refractivity contribution in [2.24, 2.45) is 0 Å². The molecule has 1 atom stereocenters. The Bertz CT molecular complexity index is 764. The van der Waals surface area contributed by atoms with E-state index in [0.29, 0.717) is 17.1 Å². The highest BCUT2D eigenvalue weighted by Crippen LogP contribution is 2.38. The van der Waals surface area contributed by atoms with Crippen LogP contribution in [0.4, 0.5) is 0 Å². The summed E-state index contributed by atoms with van der Waals surface area (Å²) in [5.41, 5.74) is 1.66. The van der Waals surface area contributed by atoms with Crippen LogP contribution in [0.15, 0.2) is 47.1 Å². The molecule has 138 valence electrons. The van der Waals surface area contributed by atoms with Gasteiger partial charge in [-0.1, -0.05) is 12.5 Å². The van der Waals surface area contributed by atoms with Gasteiger partial charge in [-0.05, 0) is 51.7 Å². The summed E-state index contributed by atoms with van der Waals surface area (Å²) in [7, 11) is 0. The molecular weight excluding hydrogens is 334 g/mol. The number of nitro groups is 1. The highest BCUT2D eigenvalue weighted by molar-refractivity contribution is 5.92. The van der Waals surface area contributed by atoms with E-state index in [4.69, 9.17) is 4.74 Å². The van der Waals surface area contributed by atoms with Crippen LogP contribution in [-0.4, -0.2) is 22.0 Å². The van der Waals surface area contributed by atoms with Gasteiger partial charge in [0, 0.05) is 11.9 Å². The quantitative estimate of drug-likeness (QED) is 0.504. The van der Waals surface area contributed by atoms with Crippen LogP contribution < -0.4 is 5.32 Å². The van der Waals surface area contributed by atoms with Crippen molar-refractivity contribution in [1.82, 2.24) is 10.3 Å². The second kappa shape index (κ2) is 7.68. The van der Waals surface area contributed by atoms with Gasteiger partial charge in [-0.2, -0.15) is 0 Å². The Kier molecular flexibility index (Phi) is 5.35. The molecule has 7 nitrogen and oxygen atoms in total. The van der Waals surface area contributed by atoms with Crippen LogP contribution in [0.3, 0.4) is 0 Å². The maximum absolute atomic E-state index is 12.9. The SMILES string of the molecule is CC1=C(C(=O)OC2CCCCC2)[C@@H](c2ccccn2)C([N+](=O)[O-])=C(C)N1. The van der Waals surface area contributed by atoms with Crippen LogP contribution in [0, 0.1) is 10.1 Å². The first-order valence-corrected chi connectivity index (χ1v) is 8.94. The van der Waals surface area contributed by atoms with Crippen LogP contribution in [0.5, 0.6) is 0 Å². The second-order valence-corrected chi connectivity index (χ2v) is 6.78. The third-order valence-corrected chi connectivity index (χ3v) is 4.95. The van der Waals surface area contributed by atoms with Crippen molar-refractivity contribution in [2.75, 3.05) is 0 Å². The lowest BCUT2D eigenvalue weighted by atomic mass is 9.86. The van der Waals surface area contributed by atoms with Gasteiger partial charge in [0.05, 0.1) is 21.9 Å². The number of carbonyl (C=O) groups is 1. The van der Waals surface area contributed by atoms with E-state index in [1.165, 1.54) is 0 Å². The minimum absolute atomic E-state index is 0.0649. The number of hydrogen-bond acceptors (Lipinski definition) is 6. The number of nitrogens with one attached hydrogen (secondary N) is 1. The first-order valence-electron chi connectivity index (χ1n) is 8.94. The van der Waals surface area contributed by atoms with Crippen LogP contribution in [0.2, 0.25) is 0 Å². The summed E-state index contributed by atoms with van der Waals surface area (Å²) >= 11 is 0. The average molecular weight is 357 g/mol. The fourth-order valence-corrected chi connectivity index (χ4v) is 3.73. The molecule has 0 bridgehead atoms. The molecule has 0 radical (unpaired) electrons. The van der Waals surface area contributed by atoms with Crippen LogP contribution in [0.1, 0.15) is 57.6 Å². The number of carbonyl (C=O) groups excluding carboxylic acids is 1. The summed E-state index contributed by atoms with van der Waals surface area (Å²) in [6.45, 7) is 3.38. The zero-order valence-corrected chi connectivity index (χ0v) is 15.0. The molecule has 0 amide bonds. The van der Waals surface area contributed by atoms with Crippen molar-refractivity contribution < 1.29 is 14.5 Å². The van der Waals surface area contributed by atoms with E-state index in [1.54, 1.807) is 38.2 Å². The molecule has 0 saturated heterocycles. The lowest BCUT2D eigenvalue weighted by molar-refractivity contribution is -0.431. The zero-order valence-electron chi connectivity index (χ0n) is 15.0. The van der Waals surface area contributed by atoms with E-state index < -0.39 is 16.8 Å². The number of allylic oxidation sites excluding steroid dienone is 3. The minimum atomic E-state index is -0.844. The van der Waals surface area contributed by atoms with Gasteiger partial charge in [0.1, 0.15) is 12.0 Å². The van der Waals surface area contributed by atoms with E-state index in [9.17, 15) is 14.9 Å². The Morgan fingerprint density at radius 1 is 1.23 bits per heavy atom. The topological polar surface area (TPSA) is 94.4 Å². The molecule has 1 fully saturated rings. The number of dihydropyridines is 1. The molecular formula is C19H23N3O4. The van der Waals surface area contributed by atoms with Gasteiger partial charge >= 0.3 is 5.97 Å². The molecule has 1 aliphatic carbocycles. The second-order valence-electron chi connectivity index (χ2n) is 6.78. The normalized spacial score (nSPS) is 21.4. The molecule has 3 rings (SSSR count). The van der Waals surface area contributed by atoms with Crippen molar-refractivity contribution in [3.05, 3.63) is 62.9 Å². The third kappa shape index (κ3) is 3.61. The van der Waals surface area contributed by atoms with E-state index >= 15 is 0 Å². The van der Waals surface area contributed by atoms with Gasteiger partial charge in [0.15, 0.2) is 0 Å². The fourth-order valence-electron chi connectivity index (χ4n) is 3.73. The van der Waals surface area contributed by atoms with Gasteiger partial charge < -0.3 is 10.1 Å². The number of esters is 1. The van der Waals surface area contributed by atoms with Gasteiger partial charge in [-0.25, -0.2) is 4.79 Å². The first-order chi connectivity index (χ1) is 12.5. The van der Waals surface area contributed by atoms with Gasteiger partial charge in [-0.3, -0.25) is 15.1 Å².